The van der Waals surface area contributed by atoms with Gasteiger partial charge >= 0.3 is 0 Å². The minimum atomic E-state index is -0.243. The summed E-state index contributed by atoms with van der Waals surface area (Å²) in [6.45, 7) is 5.12. The van der Waals surface area contributed by atoms with Gasteiger partial charge in [-0.25, -0.2) is 9.97 Å². The minimum absolute atomic E-state index is 0.144. The third-order valence-corrected chi connectivity index (χ3v) is 6.00. The van der Waals surface area contributed by atoms with Crippen LogP contribution in [0.5, 0.6) is 11.5 Å². The van der Waals surface area contributed by atoms with Crippen LogP contribution in [0.1, 0.15) is 47.1 Å². The normalized spacial score (nSPS) is 12.3. The van der Waals surface area contributed by atoms with Crippen molar-refractivity contribution in [1.29, 1.82) is 0 Å². The molecule has 0 aliphatic carbocycles. The van der Waals surface area contributed by atoms with Crippen molar-refractivity contribution in [2.75, 3.05) is 13.2 Å². The van der Waals surface area contributed by atoms with Gasteiger partial charge in [-0.2, -0.15) is 0 Å². The lowest BCUT2D eigenvalue weighted by atomic mass is 9.99. The summed E-state index contributed by atoms with van der Waals surface area (Å²) in [6.07, 6.45) is 6.20. The first-order valence-electron chi connectivity index (χ1n) is 11.3. The van der Waals surface area contributed by atoms with Crippen molar-refractivity contribution in [1.82, 2.24) is 9.97 Å². The fourth-order valence-corrected chi connectivity index (χ4v) is 4.11. The summed E-state index contributed by atoms with van der Waals surface area (Å²) in [7, 11) is 0. The Morgan fingerprint density at radius 1 is 1.09 bits per heavy atom. The van der Waals surface area contributed by atoms with Crippen molar-refractivity contribution in [2.24, 2.45) is 0 Å². The van der Waals surface area contributed by atoms with E-state index in [2.05, 4.69) is 36.9 Å². The Labute approximate surface area is 198 Å². The molecule has 168 valence electrons. The molecule has 0 atom stereocenters. The van der Waals surface area contributed by atoms with Gasteiger partial charge in [0, 0.05) is 22.9 Å². The molecule has 3 aromatic carbocycles. The van der Waals surface area contributed by atoms with E-state index in [0.717, 1.165) is 28.7 Å². The van der Waals surface area contributed by atoms with Gasteiger partial charge in [0.2, 0.25) is 11.6 Å². The Hall–Kier alpha value is -4.17. The van der Waals surface area contributed by atoms with Crippen LogP contribution in [0, 0.1) is 12.3 Å². The van der Waals surface area contributed by atoms with E-state index in [0.29, 0.717) is 35.0 Å². The first kappa shape index (κ1) is 21.7. The number of terminal acetylenes is 1. The largest absolute Gasteiger partial charge is 0.493 e. The number of ether oxygens (including phenoxy) is 2. The van der Waals surface area contributed by atoms with Crippen LogP contribution in [-0.4, -0.2) is 29.0 Å². The number of nitrogens with zero attached hydrogens (tertiary/aromatic N) is 2. The second-order valence-corrected chi connectivity index (χ2v) is 8.59. The summed E-state index contributed by atoms with van der Waals surface area (Å²) in [6, 6.07) is 19.3. The molecule has 0 amide bonds. The monoisotopic (exact) mass is 448 g/mol. The van der Waals surface area contributed by atoms with E-state index < -0.39 is 0 Å². The van der Waals surface area contributed by atoms with Crippen molar-refractivity contribution in [3.63, 3.8) is 0 Å². The van der Waals surface area contributed by atoms with Gasteiger partial charge in [0.25, 0.3) is 0 Å². The summed E-state index contributed by atoms with van der Waals surface area (Å²) >= 11 is 0. The summed E-state index contributed by atoms with van der Waals surface area (Å²) in [4.78, 5) is 22.7. The average Bonchev–Trinajstić information content (AvgIpc) is 3.34. The fourth-order valence-electron chi connectivity index (χ4n) is 4.11. The topological polar surface area (TPSA) is 61.3 Å². The van der Waals surface area contributed by atoms with E-state index in [4.69, 9.17) is 20.9 Å². The highest BCUT2D eigenvalue weighted by atomic mass is 16.5. The van der Waals surface area contributed by atoms with Crippen LogP contribution >= 0.6 is 0 Å². The maximum Gasteiger partial charge on any atom is 0.230 e. The molecule has 0 fully saturated rings. The summed E-state index contributed by atoms with van der Waals surface area (Å²) in [5.41, 5.74) is 5.09. The van der Waals surface area contributed by atoms with Crippen LogP contribution in [-0.2, 0) is 6.42 Å². The second-order valence-electron chi connectivity index (χ2n) is 8.59. The Kier molecular flexibility index (Phi) is 5.73. The van der Waals surface area contributed by atoms with Gasteiger partial charge in [-0.1, -0.05) is 56.2 Å². The molecule has 5 nitrogen and oxygen atoms in total. The first-order chi connectivity index (χ1) is 16.5. The quantitative estimate of drug-likeness (QED) is 0.284. The molecule has 0 radical (unpaired) electrons. The predicted octanol–water partition coefficient (Wildman–Crippen LogP) is 5.60. The molecule has 0 bridgehead atoms. The van der Waals surface area contributed by atoms with E-state index in [1.54, 1.807) is 12.1 Å². The number of hydrogen-bond donors (Lipinski definition) is 0. The Morgan fingerprint density at radius 3 is 2.68 bits per heavy atom. The molecule has 1 aliphatic rings. The third kappa shape index (κ3) is 4.11. The van der Waals surface area contributed by atoms with Gasteiger partial charge in [0.1, 0.15) is 18.1 Å². The predicted molar refractivity (Wildman–Crippen MR) is 132 cm³/mol. The molecule has 0 saturated heterocycles. The van der Waals surface area contributed by atoms with Gasteiger partial charge in [-0.15, -0.1) is 6.42 Å². The lowest BCUT2D eigenvalue weighted by molar-refractivity contribution is 0.102. The van der Waals surface area contributed by atoms with Gasteiger partial charge in [0.05, 0.1) is 17.8 Å². The van der Waals surface area contributed by atoms with Gasteiger partial charge in [0.15, 0.2) is 0 Å². The highest BCUT2D eigenvalue weighted by Crippen LogP contribution is 2.32. The van der Waals surface area contributed by atoms with Crippen molar-refractivity contribution in [3.8, 4) is 35.1 Å². The molecule has 4 aromatic rings. The number of rotatable bonds is 6. The number of aromatic nitrogens is 2. The fraction of sp³-hybridized carbons (Fsp3) is 0.207. The zero-order chi connectivity index (χ0) is 23.7. The highest BCUT2D eigenvalue weighted by molar-refractivity contribution is 6.08. The van der Waals surface area contributed by atoms with E-state index in [9.17, 15) is 4.79 Å². The second kappa shape index (κ2) is 8.99. The smallest absolute Gasteiger partial charge is 0.230 e. The molecular weight excluding hydrogens is 424 g/mol. The van der Waals surface area contributed by atoms with Gasteiger partial charge < -0.3 is 9.47 Å². The summed E-state index contributed by atoms with van der Waals surface area (Å²) < 4.78 is 11.3. The molecule has 0 spiro atoms. The van der Waals surface area contributed by atoms with E-state index in [1.165, 1.54) is 5.56 Å². The number of carbonyl (C=O) groups is 1. The molecule has 0 saturated carbocycles. The van der Waals surface area contributed by atoms with Crippen molar-refractivity contribution in [3.05, 3.63) is 83.2 Å². The average molecular weight is 449 g/mol. The molecule has 5 rings (SSSR count). The van der Waals surface area contributed by atoms with Crippen molar-refractivity contribution < 1.29 is 14.3 Å². The Bertz CT molecular complexity index is 1430. The number of fused-ring (bicyclic) bond motifs is 2. The lowest BCUT2D eigenvalue weighted by Gasteiger charge is -2.12. The summed E-state index contributed by atoms with van der Waals surface area (Å²) in [5.74, 6) is 4.18. The van der Waals surface area contributed by atoms with Crippen molar-refractivity contribution in [2.45, 2.75) is 26.2 Å². The SMILES string of the molecule is C#CCOc1ccc2nc(C(=O)c3ccc4c(c3)OCC4)nc(-c3ccc(C(C)C)cc3)c2c1. The molecular formula is C29H24N2O3. The van der Waals surface area contributed by atoms with Crippen LogP contribution in [0.25, 0.3) is 22.2 Å². The van der Waals surface area contributed by atoms with E-state index in [1.807, 2.05) is 36.4 Å². The van der Waals surface area contributed by atoms with E-state index >= 15 is 0 Å². The van der Waals surface area contributed by atoms with Gasteiger partial charge in [-0.3, -0.25) is 4.79 Å². The number of hydrogen-bond acceptors (Lipinski definition) is 5. The van der Waals surface area contributed by atoms with Gasteiger partial charge in [-0.05, 0) is 41.3 Å². The minimum Gasteiger partial charge on any atom is -0.493 e. The van der Waals surface area contributed by atoms with Crippen LogP contribution < -0.4 is 9.47 Å². The first-order valence-corrected chi connectivity index (χ1v) is 11.3. The van der Waals surface area contributed by atoms with Crippen LogP contribution in [0.3, 0.4) is 0 Å². The number of benzene rings is 3. The lowest BCUT2D eigenvalue weighted by Crippen LogP contribution is -2.09. The summed E-state index contributed by atoms with van der Waals surface area (Å²) in [5, 5.41) is 0.792. The Morgan fingerprint density at radius 2 is 1.91 bits per heavy atom. The number of carbonyl (C=O) groups excluding carboxylic acids is 1. The molecule has 5 heteroatoms. The number of ketones is 1. The molecule has 0 N–H and O–H groups in total. The van der Waals surface area contributed by atoms with Crippen molar-refractivity contribution >= 4 is 16.7 Å². The molecule has 1 aromatic heterocycles. The van der Waals surface area contributed by atoms with E-state index in [-0.39, 0.29) is 18.2 Å². The molecule has 2 heterocycles. The maximum atomic E-state index is 13.4. The molecule has 0 unspecified atom stereocenters. The van der Waals surface area contributed by atoms with Crippen LogP contribution in [0.4, 0.5) is 0 Å². The van der Waals surface area contributed by atoms with Crippen LogP contribution in [0.2, 0.25) is 0 Å². The Balaban J connectivity index is 1.63. The third-order valence-electron chi connectivity index (χ3n) is 6.00. The zero-order valence-electron chi connectivity index (χ0n) is 19.2. The maximum absolute atomic E-state index is 13.4. The molecule has 34 heavy (non-hydrogen) atoms. The highest BCUT2D eigenvalue weighted by Gasteiger charge is 2.20. The molecule has 1 aliphatic heterocycles. The van der Waals surface area contributed by atoms with Crippen LogP contribution in [0.15, 0.2) is 60.7 Å². The zero-order valence-corrected chi connectivity index (χ0v) is 19.2. The standard InChI is InChI=1S/C29H24N2O3/c1-4-14-33-23-11-12-25-24(17-23)27(21-8-5-19(6-9-21)18(2)3)31-29(30-25)28(32)22-10-7-20-13-15-34-26(20)16-22/h1,5-12,16-18H,13-15H2,2-3H3.